The van der Waals surface area contributed by atoms with Crippen molar-refractivity contribution in [3.63, 3.8) is 0 Å². The first-order chi connectivity index (χ1) is 14.5. The van der Waals surface area contributed by atoms with Gasteiger partial charge in [0.2, 0.25) is 0 Å². The Morgan fingerprint density at radius 1 is 0.500 bits per heavy atom. The van der Waals surface area contributed by atoms with Gasteiger partial charge in [0, 0.05) is 11.4 Å². The summed E-state index contributed by atoms with van der Waals surface area (Å²) in [5.41, 5.74) is 14.6. The highest BCUT2D eigenvalue weighted by Gasteiger charge is 2.12. The van der Waals surface area contributed by atoms with E-state index in [1.54, 1.807) is 36.4 Å². The second kappa shape index (κ2) is 8.57. The van der Waals surface area contributed by atoms with Gasteiger partial charge in [0.25, 0.3) is 0 Å². The summed E-state index contributed by atoms with van der Waals surface area (Å²) in [6.45, 7) is 0. The fraction of sp³-hybridized carbons (Fsp3) is 0. The largest absolute Gasteiger partial charge is 0.457 e. The maximum atomic E-state index is 6.45. The number of ether oxygens (including phenoxy) is 2. The topological polar surface area (TPSA) is 70.5 Å². The summed E-state index contributed by atoms with van der Waals surface area (Å²) in [7, 11) is 0. The quantitative estimate of drug-likeness (QED) is 0.319. The Balaban J connectivity index is 1.53. The molecule has 0 saturated heterocycles. The molecule has 6 heteroatoms. The maximum Gasteiger partial charge on any atom is 0.164 e. The van der Waals surface area contributed by atoms with E-state index in [0.29, 0.717) is 44.4 Å². The molecule has 30 heavy (non-hydrogen) atoms. The number of hydrogen-bond acceptors (Lipinski definition) is 4. The number of hydrogen-bond donors (Lipinski definition) is 2. The number of anilines is 2. The van der Waals surface area contributed by atoms with E-state index in [1.807, 2.05) is 48.5 Å². The molecule has 0 heterocycles. The van der Waals surface area contributed by atoms with Gasteiger partial charge < -0.3 is 20.9 Å². The molecule has 0 atom stereocenters. The average molecular weight is 437 g/mol. The summed E-state index contributed by atoms with van der Waals surface area (Å²) in [6, 6.07) is 25.5. The minimum Gasteiger partial charge on any atom is -0.457 e. The summed E-state index contributed by atoms with van der Waals surface area (Å²) in [4.78, 5) is 0. The van der Waals surface area contributed by atoms with Crippen molar-refractivity contribution in [2.45, 2.75) is 0 Å². The van der Waals surface area contributed by atoms with Crippen molar-refractivity contribution >= 4 is 34.6 Å². The lowest BCUT2D eigenvalue weighted by molar-refractivity contribution is 0.482. The highest BCUT2D eigenvalue weighted by molar-refractivity contribution is 6.37. The fourth-order valence-electron chi connectivity index (χ4n) is 2.87. The Morgan fingerprint density at radius 2 is 0.900 bits per heavy atom. The number of benzene rings is 4. The lowest BCUT2D eigenvalue weighted by atomic mass is 10.1. The zero-order chi connectivity index (χ0) is 21.1. The molecule has 0 bridgehead atoms. The fourth-order valence-corrected chi connectivity index (χ4v) is 3.43. The van der Waals surface area contributed by atoms with Crippen LogP contribution in [-0.4, -0.2) is 0 Å². The molecule has 0 amide bonds. The first-order valence-electron chi connectivity index (χ1n) is 9.14. The van der Waals surface area contributed by atoms with Crippen LogP contribution in [0.25, 0.3) is 11.1 Å². The van der Waals surface area contributed by atoms with Gasteiger partial charge in [-0.15, -0.1) is 0 Å². The number of nitrogen functional groups attached to an aromatic ring is 2. The monoisotopic (exact) mass is 436 g/mol. The van der Waals surface area contributed by atoms with E-state index in [-0.39, 0.29) is 0 Å². The van der Waals surface area contributed by atoms with E-state index < -0.39 is 0 Å². The molecule has 0 unspecified atom stereocenters. The number of nitrogens with two attached hydrogens (primary N) is 2. The zero-order valence-electron chi connectivity index (χ0n) is 15.8. The Bertz CT molecular complexity index is 1140. The maximum absolute atomic E-state index is 6.45. The predicted molar refractivity (Wildman–Crippen MR) is 124 cm³/mol. The van der Waals surface area contributed by atoms with Gasteiger partial charge in [-0.25, -0.2) is 0 Å². The molecule has 0 aliphatic rings. The van der Waals surface area contributed by atoms with Crippen LogP contribution in [-0.2, 0) is 0 Å². The van der Waals surface area contributed by atoms with Crippen molar-refractivity contribution in [2.24, 2.45) is 0 Å². The standard InChI is InChI=1S/C24H18Cl2N2O2/c25-22-13-16(14-23(26)24(22)30-21-11-5-18(28)6-12-21)15-1-7-19(8-2-15)29-20-9-3-17(27)4-10-20/h1-14H,27-28H2. The van der Waals surface area contributed by atoms with Gasteiger partial charge in [0.1, 0.15) is 17.2 Å². The van der Waals surface area contributed by atoms with Gasteiger partial charge >= 0.3 is 0 Å². The Hall–Kier alpha value is -3.34. The zero-order valence-corrected chi connectivity index (χ0v) is 17.3. The van der Waals surface area contributed by atoms with Crippen LogP contribution in [0.3, 0.4) is 0 Å². The van der Waals surface area contributed by atoms with Crippen LogP contribution >= 0.6 is 23.2 Å². The second-order valence-electron chi connectivity index (χ2n) is 6.64. The highest BCUT2D eigenvalue weighted by Crippen LogP contribution is 2.40. The molecule has 4 rings (SSSR count). The molecule has 4 aromatic rings. The van der Waals surface area contributed by atoms with Crippen LogP contribution < -0.4 is 20.9 Å². The molecule has 0 aliphatic carbocycles. The van der Waals surface area contributed by atoms with Crippen molar-refractivity contribution in [1.82, 2.24) is 0 Å². The second-order valence-corrected chi connectivity index (χ2v) is 7.45. The third kappa shape index (κ3) is 4.62. The van der Waals surface area contributed by atoms with Gasteiger partial charge in [0.05, 0.1) is 10.0 Å². The molecule has 150 valence electrons. The predicted octanol–water partition coefficient (Wildman–Crippen LogP) is 7.41. The third-order valence-corrected chi connectivity index (χ3v) is 4.96. The van der Waals surface area contributed by atoms with Crippen LogP contribution in [0.4, 0.5) is 11.4 Å². The minimum atomic E-state index is 0.398. The van der Waals surface area contributed by atoms with Crippen molar-refractivity contribution in [1.29, 1.82) is 0 Å². The third-order valence-electron chi connectivity index (χ3n) is 4.40. The van der Waals surface area contributed by atoms with Crippen LogP contribution in [0.2, 0.25) is 10.0 Å². The van der Waals surface area contributed by atoms with Gasteiger partial charge in [-0.2, -0.15) is 0 Å². The van der Waals surface area contributed by atoms with Crippen molar-refractivity contribution in [3.05, 3.63) is 95.0 Å². The van der Waals surface area contributed by atoms with Crippen LogP contribution in [0.5, 0.6) is 23.0 Å². The van der Waals surface area contributed by atoms with E-state index in [0.717, 1.165) is 11.1 Å². The van der Waals surface area contributed by atoms with Crippen molar-refractivity contribution < 1.29 is 9.47 Å². The summed E-state index contributed by atoms with van der Waals surface area (Å²) in [6.07, 6.45) is 0. The molecular formula is C24H18Cl2N2O2. The van der Waals surface area contributed by atoms with E-state index in [2.05, 4.69) is 0 Å². The normalized spacial score (nSPS) is 10.6. The van der Waals surface area contributed by atoms with Crippen LogP contribution in [0.15, 0.2) is 84.9 Å². The van der Waals surface area contributed by atoms with Gasteiger partial charge in [-0.1, -0.05) is 35.3 Å². The van der Waals surface area contributed by atoms with Crippen molar-refractivity contribution in [3.8, 4) is 34.1 Å². The van der Waals surface area contributed by atoms with E-state index >= 15 is 0 Å². The van der Waals surface area contributed by atoms with Crippen LogP contribution in [0, 0.1) is 0 Å². The SMILES string of the molecule is Nc1ccc(Oc2ccc(-c3cc(Cl)c(Oc4ccc(N)cc4)c(Cl)c3)cc2)cc1. The minimum absolute atomic E-state index is 0.398. The van der Waals surface area contributed by atoms with Gasteiger partial charge in [-0.05, 0) is 83.9 Å². The summed E-state index contributed by atoms with van der Waals surface area (Å²) in [5.74, 6) is 2.43. The average Bonchev–Trinajstić information content (AvgIpc) is 2.74. The van der Waals surface area contributed by atoms with E-state index in [9.17, 15) is 0 Å². The molecule has 0 saturated carbocycles. The van der Waals surface area contributed by atoms with E-state index in [1.165, 1.54) is 0 Å². The lowest BCUT2D eigenvalue weighted by Gasteiger charge is -2.12. The molecular weight excluding hydrogens is 419 g/mol. The molecule has 0 radical (unpaired) electrons. The summed E-state index contributed by atoms with van der Waals surface area (Å²) >= 11 is 12.9. The Morgan fingerprint density at radius 3 is 1.37 bits per heavy atom. The number of rotatable bonds is 5. The first-order valence-corrected chi connectivity index (χ1v) is 9.90. The highest BCUT2D eigenvalue weighted by atomic mass is 35.5. The van der Waals surface area contributed by atoms with Gasteiger partial charge in [-0.3, -0.25) is 0 Å². The molecule has 4 aromatic carbocycles. The molecule has 4 N–H and O–H groups in total. The lowest BCUT2D eigenvalue weighted by Crippen LogP contribution is -1.90. The first kappa shape index (κ1) is 20.0. The molecule has 0 aromatic heterocycles. The molecule has 0 spiro atoms. The summed E-state index contributed by atoms with van der Waals surface area (Å²) < 4.78 is 11.7. The molecule has 4 nitrogen and oxygen atoms in total. The Kier molecular flexibility index (Phi) is 5.70. The van der Waals surface area contributed by atoms with Crippen LogP contribution in [0.1, 0.15) is 0 Å². The smallest absolute Gasteiger partial charge is 0.164 e. The number of halogens is 2. The summed E-state index contributed by atoms with van der Waals surface area (Å²) in [5, 5.41) is 0.827. The Labute approximate surface area is 184 Å². The molecule has 0 aliphatic heterocycles. The van der Waals surface area contributed by atoms with Crippen molar-refractivity contribution in [2.75, 3.05) is 11.5 Å². The van der Waals surface area contributed by atoms with Gasteiger partial charge in [0.15, 0.2) is 5.75 Å². The van der Waals surface area contributed by atoms with E-state index in [4.69, 9.17) is 44.1 Å². The molecule has 0 fully saturated rings.